The van der Waals surface area contributed by atoms with Crippen molar-refractivity contribution >= 4 is 52.8 Å². The van der Waals surface area contributed by atoms with E-state index in [0.29, 0.717) is 68.4 Å². The number of amides is 6. The predicted molar refractivity (Wildman–Crippen MR) is 284 cm³/mol. The van der Waals surface area contributed by atoms with Gasteiger partial charge < -0.3 is 36.1 Å². The molecule has 4 fully saturated rings. The number of allylic oxidation sites excluding steroid dienone is 3. The first-order chi connectivity index (χ1) is 35.1. The van der Waals surface area contributed by atoms with Crippen LogP contribution < -0.4 is 11.1 Å². The van der Waals surface area contributed by atoms with Crippen LogP contribution in [0.2, 0.25) is 0 Å². The Morgan fingerprint density at radius 3 is 2.23 bits per heavy atom. The molecule has 4 aliphatic rings. The number of likely N-dealkylation sites (tertiary alicyclic amines) is 1. The maximum absolute atomic E-state index is 15.1. The highest BCUT2D eigenvalue weighted by Crippen LogP contribution is 2.30. The fourth-order valence-corrected chi connectivity index (χ4v) is 11.0. The zero-order chi connectivity index (χ0) is 52.6. The van der Waals surface area contributed by atoms with Crippen LogP contribution in [-0.4, -0.2) is 174 Å². The molecule has 3 heterocycles. The van der Waals surface area contributed by atoms with E-state index < -0.39 is 23.7 Å². The Morgan fingerprint density at radius 1 is 0.877 bits per heavy atom. The second-order valence-electron chi connectivity index (χ2n) is 20.2. The number of carbonyl (C=O) groups is 6. The van der Waals surface area contributed by atoms with Crippen molar-refractivity contribution in [2.45, 2.75) is 90.5 Å². The number of likely N-dealkylation sites (N-methyl/N-ethyl adjacent to an activating group) is 1. The topological polar surface area (TPSA) is 184 Å². The summed E-state index contributed by atoms with van der Waals surface area (Å²) in [4.78, 5) is 91.4. The van der Waals surface area contributed by atoms with E-state index >= 15 is 4.39 Å². The summed E-state index contributed by atoms with van der Waals surface area (Å²) in [5, 5.41) is 11.9. The third-order valence-electron chi connectivity index (χ3n) is 15.2. The predicted octanol–water partition coefficient (Wildman–Crippen LogP) is 6.03. The molecular weight excluding hydrogens is 949 g/mol. The van der Waals surface area contributed by atoms with Gasteiger partial charge in [-0.2, -0.15) is 0 Å². The van der Waals surface area contributed by atoms with Crippen molar-refractivity contribution in [2.24, 2.45) is 17.6 Å². The van der Waals surface area contributed by atoms with Gasteiger partial charge in [-0.3, -0.25) is 38.6 Å². The summed E-state index contributed by atoms with van der Waals surface area (Å²) in [5.41, 5.74) is 8.02. The van der Waals surface area contributed by atoms with Gasteiger partial charge in [0, 0.05) is 107 Å². The number of halogens is 2. The number of carbonyl (C=O) groups excluding carboxylic acids is 6. The maximum Gasteiger partial charge on any atom is 0.256 e. The first-order valence-electron chi connectivity index (χ1n) is 26.3. The van der Waals surface area contributed by atoms with Gasteiger partial charge in [0.2, 0.25) is 23.6 Å². The van der Waals surface area contributed by atoms with Gasteiger partial charge in [-0.15, -0.1) is 11.6 Å². The van der Waals surface area contributed by atoms with Gasteiger partial charge in [-0.05, 0) is 99.3 Å². The normalized spacial score (nSPS) is 19.3. The van der Waals surface area contributed by atoms with Crippen molar-refractivity contribution < 1.29 is 33.2 Å². The molecule has 3 saturated heterocycles. The summed E-state index contributed by atoms with van der Waals surface area (Å²) in [6.07, 6.45) is 12.3. The second-order valence-corrected chi connectivity index (χ2v) is 20.5. The monoisotopic (exact) mass is 1030 g/mol. The SMILES string of the molecule is C=C/C=C(C(=N)Cc1ccc(F)c(C(=O)N2CCN(C(=O)CN(CC)CCC(C)CN3CCN(C(=O)C(NC(=O)c4cccc(C5CCCN(C(=O)CCl)C5)c4)C4CCCCC4)CC3)CC2)c1)\C(=C/C)C(N)=O. The van der Waals surface area contributed by atoms with Gasteiger partial charge in [0.05, 0.1) is 12.1 Å². The molecule has 396 valence electrons. The molecule has 0 aromatic heterocycles. The zero-order valence-electron chi connectivity index (χ0n) is 43.2. The van der Waals surface area contributed by atoms with Crippen LogP contribution in [0.25, 0.3) is 0 Å². The first kappa shape index (κ1) is 56.6. The molecule has 73 heavy (non-hydrogen) atoms. The number of nitrogens with one attached hydrogen (secondary N) is 2. The summed E-state index contributed by atoms with van der Waals surface area (Å²) in [6, 6.07) is 11.2. The Bertz CT molecular complexity index is 2370. The van der Waals surface area contributed by atoms with Gasteiger partial charge in [0.25, 0.3) is 11.8 Å². The van der Waals surface area contributed by atoms with Crippen molar-refractivity contribution in [2.75, 3.05) is 97.5 Å². The molecule has 15 nitrogen and oxygen atoms in total. The van der Waals surface area contributed by atoms with Crippen LogP contribution in [-0.2, 0) is 25.6 Å². The molecule has 2 aromatic carbocycles. The van der Waals surface area contributed by atoms with Gasteiger partial charge in [-0.1, -0.05) is 76.1 Å². The Kier molecular flexibility index (Phi) is 21.3. The maximum atomic E-state index is 15.1. The van der Waals surface area contributed by atoms with Crippen LogP contribution in [0.1, 0.15) is 110 Å². The Morgan fingerprint density at radius 2 is 1.58 bits per heavy atom. The second kappa shape index (κ2) is 27.5. The Labute approximate surface area is 436 Å². The fourth-order valence-electron chi connectivity index (χ4n) is 10.9. The number of piperazine rings is 2. The number of rotatable bonds is 21. The van der Waals surface area contributed by atoms with E-state index in [1.54, 1.807) is 27.7 Å². The highest BCUT2D eigenvalue weighted by Gasteiger charge is 2.36. The summed E-state index contributed by atoms with van der Waals surface area (Å²) in [6.45, 7) is 17.3. The van der Waals surface area contributed by atoms with E-state index in [1.807, 2.05) is 30.0 Å². The van der Waals surface area contributed by atoms with E-state index in [4.69, 9.17) is 22.7 Å². The van der Waals surface area contributed by atoms with Crippen molar-refractivity contribution in [3.05, 3.63) is 106 Å². The third-order valence-corrected chi connectivity index (χ3v) is 15.4. The van der Waals surface area contributed by atoms with Crippen LogP contribution in [0, 0.1) is 23.1 Å². The zero-order valence-corrected chi connectivity index (χ0v) is 44.0. The molecule has 3 aliphatic heterocycles. The van der Waals surface area contributed by atoms with Crippen molar-refractivity contribution in [3.63, 3.8) is 0 Å². The number of nitrogens with zero attached hydrogens (tertiary/aromatic N) is 6. The Hall–Kier alpha value is -5.71. The largest absolute Gasteiger partial charge is 0.366 e. The summed E-state index contributed by atoms with van der Waals surface area (Å²) >= 11 is 5.86. The van der Waals surface area contributed by atoms with Crippen LogP contribution in [0.3, 0.4) is 0 Å². The van der Waals surface area contributed by atoms with Gasteiger partial charge >= 0.3 is 0 Å². The number of piperidine rings is 1. The summed E-state index contributed by atoms with van der Waals surface area (Å²) in [5.74, 6) is -1.67. The molecule has 3 unspecified atom stereocenters. The lowest BCUT2D eigenvalue weighted by atomic mass is 9.83. The molecule has 6 amide bonds. The molecule has 0 spiro atoms. The van der Waals surface area contributed by atoms with E-state index in [9.17, 15) is 28.8 Å². The van der Waals surface area contributed by atoms with E-state index in [1.165, 1.54) is 36.4 Å². The number of primary amides is 1. The highest BCUT2D eigenvalue weighted by atomic mass is 35.5. The molecule has 4 N–H and O–H groups in total. The molecule has 17 heteroatoms. The first-order valence-corrected chi connectivity index (χ1v) is 26.9. The lowest BCUT2D eigenvalue weighted by Crippen LogP contribution is -2.57. The van der Waals surface area contributed by atoms with E-state index in [-0.39, 0.29) is 84.2 Å². The number of hydrogen-bond donors (Lipinski definition) is 3. The van der Waals surface area contributed by atoms with E-state index in [0.717, 1.165) is 83.1 Å². The number of alkyl halides is 1. The van der Waals surface area contributed by atoms with Crippen LogP contribution >= 0.6 is 11.6 Å². The van der Waals surface area contributed by atoms with Crippen LogP contribution in [0.5, 0.6) is 0 Å². The molecule has 1 saturated carbocycles. The lowest BCUT2D eigenvalue weighted by molar-refractivity contribution is -0.137. The third kappa shape index (κ3) is 15.4. The summed E-state index contributed by atoms with van der Waals surface area (Å²) in [7, 11) is 0. The average Bonchev–Trinajstić information content (AvgIpc) is 3.41. The minimum atomic E-state index is -0.685. The minimum Gasteiger partial charge on any atom is -0.366 e. The van der Waals surface area contributed by atoms with Crippen LogP contribution in [0.15, 0.2) is 78.4 Å². The Balaban J connectivity index is 0.940. The van der Waals surface area contributed by atoms with Crippen LogP contribution in [0.4, 0.5) is 4.39 Å². The molecule has 1 aliphatic carbocycles. The molecule has 2 aromatic rings. The number of benzene rings is 2. The molecule has 0 bridgehead atoms. The van der Waals surface area contributed by atoms with E-state index in [2.05, 4.69) is 28.6 Å². The lowest BCUT2D eigenvalue weighted by Gasteiger charge is -2.39. The fraction of sp³-hybridized carbons (Fsp3) is 0.554. The smallest absolute Gasteiger partial charge is 0.256 e. The molecule has 6 rings (SSSR count). The number of hydrogen-bond acceptors (Lipinski definition) is 9. The number of nitrogens with two attached hydrogens (primary N) is 1. The average molecular weight is 1030 g/mol. The summed E-state index contributed by atoms with van der Waals surface area (Å²) < 4.78 is 15.1. The highest BCUT2D eigenvalue weighted by molar-refractivity contribution is 6.27. The standard InChI is InChI=1S/C56H77ClFN9O6/c1-5-13-46(45(6-2)53(60)70)49(59)33-40-19-20-48(58)47(32-40)55(72)65-30-28-64(29-31-65)51(69)38-62(7-3)23-21-39(4)36-63-24-26-66(27-25-63)56(73)52(41-14-9-8-10-15-41)61-54(71)43-17-11-16-42(34-43)44-18-12-22-67(37-44)50(68)35-57/h5-6,11,13,16-17,19-20,32,34,39,41,44,52,59H,1,7-10,12,14-15,18,21-31,33,35-38H2,2-4H3,(H2,60,70)(H,61,71)/b45-6+,46-13+,59-49?. The van der Waals surface area contributed by atoms with Crippen molar-refractivity contribution in [3.8, 4) is 0 Å². The van der Waals surface area contributed by atoms with Gasteiger partial charge in [0.15, 0.2) is 0 Å². The molecule has 0 radical (unpaired) electrons. The molecular formula is C56H77ClFN9O6. The van der Waals surface area contributed by atoms with Gasteiger partial charge in [-0.25, -0.2) is 4.39 Å². The van der Waals surface area contributed by atoms with Gasteiger partial charge in [0.1, 0.15) is 17.7 Å². The van der Waals surface area contributed by atoms with Crippen molar-refractivity contribution in [1.29, 1.82) is 5.41 Å². The van der Waals surface area contributed by atoms with Crippen molar-refractivity contribution in [1.82, 2.24) is 34.7 Å². The minimum absolute atomic E-state index is 0.00390. The quantitative estimate of drug-likeness (QED) is 0.0586. The molecule has 3 atom stereocenters.